The average molecular weight is 247 g/mol. The van der Waals surface area contributed by atoms with Gasteiger partial charge in [0.25, 0.3) is 0 Å². The third-order valence-electron chi connectivity index (χ3n) is 3.84. The number of hydrogen-bond acceptors (Lipinski definition) is 3. The van der Waals surface area contributed by atoms with E-state index in [-0.39, 0.29) is 17.9 Å². The predicted molar refractivity (Wildman–Crippen MR) is 70.7 cm³/mol. The zero-order chi connectivity index (χ0) is 13.0. The summed E-state index contributed by atoms with van der Waals surface area (Å²) in [4.78, 5) is 16.3. The van der Waals surface area contributed by atoms with E-state index in [4.69, 9.17) is 5.73 Å². The smallest absolute Gasteiger partial charge is 0.223 e. The van der Waals surface area contributed by atoms with Crippen LogP contribution in [0.1, 0.15) is 37.8 Å². The van der Waals surface area contributed by atoms with Gasteiger partial charge in [0.1, 0.15) is 0 Å². The van der Waals surface area contributed by atoms with E-state index >= 15 is 0 Å². The Morgan fingerprint density at radius 3 is 3.11 bits per heavy atom. The van der Waals surface area contributed by atoms with Crippen LogP contribution < -0.4 is 11.1 Å². The molecule has 4 heteroatoms. The molecule has 0 radical (unpaired) electrons. The lowest BCUT2D eigenvalue weighted by Crippen LogP contribution is -2.36. The Balaban J connectivity index is 1.95. The molecule has 3 atom stereocenters. The predicted octanol–water partition coefficient (Wildman–Crippen LogP) is 1.63. The highest BCUT2D eigenvalue weighted by atomic mass is 16.2. The molecular weight excluding hydrogens is 226 g/mol. The van der Waals surface area contributed by atoms with Crippen molar-refractivity contribution in [2.24, 2.45) is 17.6 Å². The van der Waals surface area contributed by atoms with Crippen molar-refractivity contribution >= 4 is 5.91 Å². The van der Waals surface area contributed by atoms with E-state index in [9.17, 15) is 4.79 Å². The van der Waals surface area contributed by atoms with Crippen molar-refractivity contribution in [2.45, 2.75) is 32.2 Å². The summed E-state index contributed by atoms with van der Waals surface area (Å²) in [7, 11) is 0. The van der Waals surface area contributed by atoms with Gasteiger partial charge in [-0.3, -0.25) is 9.78 Å². The summed E-state index contributed by atoms with van der Waals surface area (Å²) in [6.45, 7) is 2.60. The molecule has 1 aliphatic carbocycles. The van der Waals surface area contributed by atoms with Crippen LogP contribution in [0.15, 0.2) is 24.5 Å². The van der Waals surface area contributed by atoms with E-state index in [0.29, 0.717) is 12.5 Å². The van der Waals surface area contributed by atoms with Gasteiger partial charge in [-0.1, -0.05) is 12.5 Å². The molecule has 4 nitrogen and oxygen atoms in total. The first kappa shape index (κ1) is 13.0. The molecule has 0 spiro atoms. The van der Waals surface area contributed by atoms with Crippen molar-refractivity contribution in [3.05, 3.63) is 30.1 Å². The van der Waals surface area contributed by atoms with E-state index in [1.165, 1.54) is 0 Å². The zero-order valence-electron chi connectivity index (χ0n) is 10.8. The first-order chi connectivity index (χ1) is 8.72. The fourth-order valence-corrected chi connectivity index (χ4v) is 2.70. The van der Waals surface area contributed by atoms with Crippen LogP contribution in [-0.2, 0) is 4.79 Å². The molecule has 2 rings (SSSR count). The van der Waals surface area contributed by atoms with E-state index in [1.54, 1.807) is 12.4 Å². The van der Waals surface area contributed by atoms with Gasteiger partial charge in [-0.15, -0.1) is 0 Å². The largest absolute Gasteiger partial charge is 0.349 e. The summed E-state index contributed by atoms with van der Waals surface area (Å²) >= 11 is 0. The number of carbonyl (C=O) groups is 1. The van der Waals surface area contributed by atoms with Gasteiger partial charge in [-0.05, 0) is 43.9 Å². The van der Waals surface area contributed by atoms with Crippen molar-refractivity contribution < 1.29 is 4.79 Å². The highest BCUT2D eigenvalue weighted by Crippen LogP contribution is 2.31. The van der Waals surface area contributed by atoms with Gasteiger partial charge >= 0.3 is 0 Å². The normalized spacial score (nSPS) is 24.8. The minimum Gasteiger partial charge on any atom is -0.349 e. The molecule has 0 bridgehead atoms. The van der Waals surface area contributed by atoms with Gasteiger partial charge < -0.3 is 11.1 Å². The van der Waals surface area contributed by atoms with Crippen molar-refractivity contribution in [1.82, 2.24) is 10.3 Å². The summed E-state index contributed by atoms with van der Waals surface area (Å²) in [5.74, 6) is 0.583. The van der Waals surface area contributed by atoms with Crippen LogP contribution in [0.3, 0.4) is 0 Å². The van der Waals surface area contributed by atoms with Gasteiger partial charge in [0.05, 0.1) is 6.04 Å². The number of nitrogens with zero attached hydrogens (tertiary/aromatic N) is 1. The highest BCUT2D eigenvalue weighted by molar-refractivity contribution is 5.79. The summed E-state index contributed by atoms with van der Waals surface area (Å²) in [5, 5.41) is 3.07. The van der Waals surface area contributed by atoms with E-state index in [2.05, 4.69) is 10.3 Å². The maximum absolute atomic E-state index is 12.2. The first-order valence-electron chi connectivity index (χ1n) is 6.62. The van der Waals surface area contributed by atoms with Crippen molar-refractivity contribution in [1.29, 1.82) is 0 Å². The van der Waals surface area contributed by atoms with Crippen molar-refractivity contribution in [2.75, 3.05) is 6.54 Å². The van der Waals surface area contributed by atoms with Crippen LogP contribution in [0.25, 0.3) is 0 Å². The minimum absolute atomic E-state index is 0.00484. The van der Waals surface area contributed by atoms with E-state index in [1.807, 2.05) is 19.1 Å². The lowest BCUT2D eigenvalue weighted by molar-refractivity contribution is -0.126. The van der Waals surface area contributed by atoms with E-state index in [0.717, 1.165) is 24.8 Å². The van der Waals surface area contributed by atoms with Gasteiger partial charge in [0.15, 0.2) is 0 Å². The number of pyridine rings is 1. The first-order valence-corrected chi connectivity index (χ1v) is 6.62. The second-order valence-electron chi connectivity index (χ2n) is 5.05. The standard InChI is InChI=1S/C14H21N3O/c1-10(12-5-3-7-16-9-12)17-14(18)13-6-2-4-11(13)8-15/h3,5,7,9-11,13H,2,4,6,8,15H2,1H3,(H,17,18)/t10-,11?,13?/m1/s1. The Morgan fingerprint density at radius 1 is 1.61 bits per heavy atom. The molecular formula is C14H21N3O. The molecule has 1 aromatic heterocycles. The third kappa shape index (κ3) is 2.88. The molecule has 1 aliphatic rings. The van der Waals surface area contributed by atoms with Crippen LogP contribution in [-0.4, -0.2) is 17.4 Å². The maximum atomic E-state index is 12.2. The molecule has 0 saturated heterocycles. The zero-order valence-corrected chi connectivity index (χ0v) is 10.8. The van der Waals surface area contributed by atoms with Crippen LogP contribution in [0.5, 0.6) is 0 Å². The monoisotopic (exact) mass is 247 g/mol. The maximum Gasteiger partial charge on any atom is 0.223 e. The fraction of sp³-hybridized carbons (Fsp3) is 0.571. The molecule has 18 heavy (non-hydrogen) atoms. The van der Waals surface area contributed by atoms with E-state index < -0.39 is 0 Å². The quantitative estimate of drug-likeness (QED) is 0.849. The minimum atomic E-state index is 0.00484. The SMILES string of the molecule is C[C@@H](NC(=O)C1CCCC1CN)c1cccnc1. The summed E-state index contributed by atoms with van der Waals surface area (Å²) < 4.78 is 0. The number of hydrogen-bond donors (Lipinski definition) is 2. The molecule has 1 amide bonds. The molecule has 0 aromatic carbocycles. The summed E-state index contributed by atoms with van der Waals surface area (Å²) in [5.41, 5.74) is 6.75. The Labute approximate surface area is 108 Å². The number of amides is 1. The molecule has 0 aliphatic heterocycles. The van der Waals surface area contributed by atoms with Gasteiger partial charge in [0.2, 0.25) is 5.91 Å². The molecule has 2 unspecified atom stereocenters. The molecule has 98 valence electrons. The van der Waals surface area contributed by atoms with Crippen molar-refractivity contribution in [3.8, 4) is 0 Å². The number of nitrogens with two attached hydrogens (primary N) is 1. The average Bonchev–Trinajstić information content (AvgIpc) is 2.88. The molecule has 1 aromatic rings. The van der Waals surface area contributed by atoms with Crippen LogP contribution in [0.4, 0.5) is 0 Å². The number of rotatable bonds is 4. The molecule has 1 saturated carbocycles. The number of carbonyl (C=O) groups excluding carboxylic acids is 1. The Hall–Kier alpha value is -1.42. The van der Waals surface area contributed by atoms with Crippen LogP contribution >= 0.6 is 0 Å². The topological polar surface area (TPSA) is 68.0 Å². The summed E-state index contributed by atoms with van der Waals surface area (Å²) in [6.07, 6.45) is 6.68. The molecule has 1 heterocycles. The van der Waals surface area contributed by atoms with Gasteiger partial charge in [0, 0.05) is 18.3 Å². The molecule has 3 N–H and O–H groups in total. The number of nitrogens with one attached hydrogen (secondary N) is 1. The third-order valence-corrected chi connectivity index (χ3v) is 3.84. The highest BCUT2D eigenvalue weighted by Gasteiger charge is 2.32. The Kier molecular flexibility index (Phi) is 4.31. The van der Waals surface area contributed by atoms with Gasteiger partial charge in [-0.2, -0.15) is 0 Å². The van der Waals surface area contributed by atoms with Crippen molar-refractivity contribution in [3.63, 3.8) is 0 Å². The van der Waals surface area contributed by atoms with Crippen LogP contribution in [0, 0.1) is 11.8 Å². The lowest BCUT2D eigenvalue weighted by Gasteiger charge is -2.21. The lowest BCUT2D eigenvalue weighted by atomic mass is 9.95. The second kappa shape index (κ2) is 5.96. The Morgan fingerprint density at radius 2 is 2.44 bits per heavy atom. The number of aromatic nitrogens is 1. The van der Waals surface area contributed by atoms with Crippen LogP contribution in [0.2, 0.25) is 0 Å². The Bertz CT molecular complexity index is 393. The van der Waals surface area contributed by atoms with Gasteiger partial charge in [-0.25, -0.2) is 0 Å². The fourth-order valence-electron chi connectivity index (χ4n) is 2.70. The summed E-state index contributed by atoms with van der Waals surface area (Å²) in [6, 6.07) is 3.87. The molecule has 1 fully saturated rings. The second-order valence-corrected chi connectivity index (χ2v) is 5.05.